The Morgan fingerprint density at radius 2 is 2.06 bits per heavy atom. The molecule has 1 saturated heterocycles. The third kappa shape index (κ3) is 1.92. The number of rotatable bonds is 1. The molecule has 0 aromatic heterocycles. The van der Waals surface area contributed by atoms with Gasteiger partial charge in [-0.25, -0.2) is 8.78 Å². The quantitative estimate of drug-likeness (QED) is 0.779. The van der Waals surface area contributed by atoms with E-state index in [1.54, 1.807) is 6.07 Å². The average molecular weight is 225 g/mol. The Hall–Kier alpha value is -1.45. The highest BCUT2D eigenvalue weighted by Crippen LogP contribution is 2.31. The van der Waals surface area contributed by atoms with Gasteiger partial charge in [0, 0.05) is 18.4 Å². The summed E-state index contributed by atoms with van der Waals surface area (Å²) in [5, 5.41) is 2.75. The van der Waals surface area contributed by atoms with Gasteiger partial charge in [-0.15, -0.1) is 0 Å². The van der Waals surface area contributed by atoms with Crippen LogP contribution in [0.3, 0.4) is 0 Å². The van der Waals surface area contributed by atoms with E-state index in [-0.39, 0.29) is 11.3 Å². The minimum Gasteiger partial charge on any atom is -0.355 e. The number of carbonyl (C=O) groups is 1. The van der Waals surface area contributed by atoms with Crippen LogP contribution in [-0.4, -0.2) is 12.5 Å². The molecule has 0 radical (unpaired) electrons. The van der Waals surface area contributed by atoms with Gasteiger partial charge in [-0.3, -0.25) is 4.79 Å². The van der Waals surface area contributed by atoms with Gasteiger partial charge in [0.05, 0.1) is 0 Å². The molecular weight excluding hydrogens is 212 g/mol. The molecule has 4 heteroatoms. The Labute approximate surface area is 92.7 Å². The van der Waals surface area contributed by atoms with Gasteiger partial charge in [-0.05, 0) is 24.1 Å². The summed E-state index contributed by atoms with van der Waals surface area (Å²) >= 11 is 0. The summed E-state index contributed by atoms with van der Waals surface area (Å²) in [5.41, 5.74) is 0.425. The fraction of sp³-hybridized carbons (Fsp3) is 0.417. The zero-order chi connectivity index (χ0) is 11.8. The highest BCUT2D eigenvalue weighted by molar-refractivity contribution is 5.77. The maximum atomic E-state index is 13.1. The van der Waals surface area contributed by atoms with Gasteiger partial charge in [0.15, 0.2) is 11.6 Å². The van der Waals surface area contributed by atoms with Gasteiger partial charge >= 0.3 is 0 Å². The molecule has 0 spiro atoms. The van der Waals surface area contributed by atoms with Crippen molar-refractivity contribution in [3.63, 3.8) is 0 Å². The first kappa shape index (κ1) is 11.0. The Balaban J connectivity index is 2.29. The Kier molecular flexibility index (Phi) is 2.66. The maximum absolute atomic E-state index is 13.1. The van der Waals surface area contributed by atoms with Crippen molar-refractivity contribution in [3.05, 3.63) is 35.4 Å². The van der Waals surface area contributed by atoms with E-state index in [0.29, 0.717) is 19.4 Å². The Morgan fingerprint density at radius 3 is 2.62 bits per heavy atom. The van der Waals surface area contributed by atoms with Crippen molar-refractivity contribution >= 4 is 5.91 Å². The first-order chi connectivity index (χ1) is 7.51. The van der Waals surface area contributed by atoms with Gasteiger partial charge in [0.1, 0.15) is 0 Å². The van der Waals surface area contributed by atoms with Crippen molar-refractivity contribution in [2.75, 3.05) is 6.54 Å². The van der Waals surface area contributed by atoms with Gasteiger partial charge in [0.2, 0.25) is 5.91 Å². The van der Waals surface area contributed by atoms with E-state index in [1.165, 1.54) is 6.07 Å². The molecule has 1 N–H and O–H groups in total. The molecule has 86 valence electrons. The first-order valence-electron chi connectivity index (χ1n) is 5.23. The normalized spacial score (nSPS) is 25.3. The lowest BCUT2D eigenvalue weighted by molar-refractivity contribution is -0.123. The molecule has 1 aliphatic rings. The van der Waals surface area contributed by atoms with Crippen LogP contribution in [0.4, 0.5) is 8.78 Å². The van der Waals surface area contributed by atoms with Crippen LogP contribution in [0.1, 0.15) is 25.3 Å². The van der Waals surface area contributed by atoms with E-state index in [9.17, 15) is 13.6 Å². The molecule has 2 nitrogen and oxygen atoms in total. The predicted molar refractivity (Wildman–Crippen MR) is 56.0 cm³/mol. The number of carbonyl (C=O) groups excluding carboxylic acids is 1. The van der Waals surface area contributed by atoms with Gasteiger partial charge < -0.3 is 5.32 Å². The fourth-order valence-corrected chi connectivity index (χ4v) is 1.98. The highest BCUT2D eigenvalue weighted by Gasteiger charge is 2.32. The smallest absolute Gasteiger partial charge is 0.220 e. The van der Waals surface area contributed by atoms with Gasteiger partial charge in [0.25, 0.3) is 0 Å². The lowest BCUT2D eigenvalue weighted by atomic mass is 9.76. The minimum atomic E-state index is -0.841. The topological polar surface area (TPSA) is 29.1 Å². The Bertz CT molecular complexity index is 421. The standard InChI is InChI=1S/C12H13F2NO/c1-12(5-4-11(16)15-7-12)8-2-3-9(13)10(14)6-8/h2-3,6H,4-5,7H2,1H3,(H,15,16). The van der Waals surface area contributed by atoms with E-state index in [2.05, 4.69) is 5.32 Å². The van der Waals surface area contributed by atoms with Crippen LogP contribution in [0.5, 0.6) is 0 Å². The van der Waals surface area contributed by atoms with Crippen molar-refractivity contribution in [1.29, 1.82) is 0 Å². The first-order valence-corrected chi connectivity index (χ1v) is 5.23. The van der Waals surface area contributed by atoms with Crippen LogP contribution in [0.25, 0.3) is 0 Å². The van der Waals surface area contributed by atoms with E-state index < -0.39 is 11.6 Å². The summed E-state index contributed by atoms with van der Waals surface area (Å²) in [7, 11) is 0. The molecule has 0 saturated carbocycles. The van der Waals surface area contributed by atoms with Crippen LogP contribution < -0.4 is 5.32 Å². The number of nitrogens with one attached hydrogen (secondary N) is 1. The van der Waals surface area contributed by atoms with E-state index in [1.807, 2.05) is 6.92 Å². The van der Waals surface area contributed by atoms with Crippen molar-refractivity contribution in [3.8, 4) is 0 Å². The predicted octanol–water partition coefficient (Wildman–Crippen LogP) is 2.13. The molecule has 1 aliphatic heterocycles. The fourth-order valence-electron chi connectivity index (χ4n) is 1.98. The van der Waals surface area contributed by atoms with Gasteiger partial charge in [-0.1, -0.05) is 13.0 Å². The van der Waals surface area contributed by atoms with E-state index in [0.717, 1.165) is 11.6 Å². The summed E-state index contributed by atoms with van der Waals surface area (Å²) < 4.78 is 25.9. The second kappa shape index (κ2) is 3.85. The number of piperidine rings is 1. The van der Waals surface area contributed by atoms with E-state index in [4.69, 9.17) is 0 Å². The molecular formula is C12H13F2NO. The summed E-state index contributed by atoms with van der Waals surface area (Å²) in [5.74, 6) is -1.66. The van der Waals surface area contributed by atoms with Crippen molar-refractivity contribution < 1.29 is 13.6 Å². The third-order valence-corrected chi connectivity index (χ3v) is 3.20. The molecule has 1 heterocycles. The van der Waals surface area contributed by atoms with Crippen molar-refractivity contribution in [2.24, 2.45) is 0 Å². The number of hydrogen-bond donors (Lipinski definition) is 1. The van der Waals surface area contributed by atoms with E-state index >= 15 is 0 Å². The Morgan fingerprint density at radius 1 is 1.31 bits per heavy atom. The number of benzene rings is 1. The summed E-state index contributed by atoms with van der Waals surface area (Å²) in [6, 6.07) is 3.93. The van der Waals surface area contributed by atoms with Gasteiger partial charge in [-0.2, -0.15) is 0 Å². The molecule has 1 fully saturated rings. The van der Waals surface area contributed by atoms with Crippen LogP contribution in [0, 0.1) is 11.6 Å². The van der Waals surface area contributed by atoms with Crippen LogP contribution in [0.2, 0.25) is 0 Å². The number of halogens is 2. The zero-order valence-corrected chi connectivity index (χ0v) is 9.02. The van der Waals surface area contributed by atoms with Crippen LogP contribution >= 0.6 is 0 Å². The summed E-state index contributed by atoms with van der Waals surface area (Å²) in [4.78, 5) is 11.1. The number of amides is 1. The molecule has 1 atom stereocenters. The molecule has 1 aromatic rings. The molecule has 1 unspecified atom stereocenters. The van der Waals surface area contributed by atoms with Crippen LogP contribution in [0.15, 0.2) is 18.2 Å². The zero-order valence-electron chi connectivity index (χ0n) is 9.02. The second-order valence-corrected chi connectivity index (χ2v) is 4.47. The monoisotopic (exact) mass is 225 g/mol. The van der Waals surface area contributed by atoms with Crippen LogP contribution in [-0.2, 0) is 10.2 Å². The lowest BCUT2D eigenvalue weighted by Crippen LogP contribution is -2.44. The van der Waals surface area contributed by atoms with Crippen molar-refractivity contribution in [1.82, 2.24) is 5.32 Å². The molecule has 0 aliphatic carbocycles. The highest BCUT2D eigenvalue weighted by atomic mass is 19.2. The molecule has 1 amide bonds. The summed E-state index contributed by atoms with van der Waals surface area (Å²) in [6.45, 7) is 2.41. The third-order valence-electron chi connectivity index (χ3n) is 3.20. The maximum Gasteiger partial charge on any atom is 0.220 e. The lowest BCUT2D eigenvalue weighted by Gasteiger charge is -2.34. The molecule has 16 heavy (non-hydrogen) atoms. The second-order valence-electron chi connectivity index (χ2n) is 4.47. The largest absolute Gasteiger partial charge is 0.355 e. The molecule has 2 rings (SSSR count). The summed E-state index contributed by atoms with van der Waals surface area (Å²) in [6.07, 6.45) is 1.08. The average Bonchev–Trinajstić information content (AvgIpc) is 2.26. The SMILES string of the molecule is CC1(c2ccc(F)c(F)c2)CCC(=O)NC1. The number of hydrogen-bond acceptors (Lipinski definition) is 1. The van der Waals surface area contributed by atoms with Crippen molar-refractivity contribution in [2.45, 2.75) is 25.2 Å². The molecule has 1 aromatic carbocycles. The minimum absolute atomic E-state index is 0.0139. The molecule has 0 bridgehead atoms.